The Labute approximate surface area is 196 Å². The van der Waals surface area contributed by atoms with Crippen LogP contribution in [-0.4, -0.2) is 46.6 Å². The fourth-order valence-corrected chi connectivity index (χ4v) is 5.18. The first-order chi connectivity index (χ1) is 15.0. The van der Waals surface area contributed by atoms with Crippen LogP contribution in [0, 0.1) is 0 Å². The SMILES string of the molecule is C[C@H]1CC[C@@H](C(=O)OCC(=O)c2ccc(-c3ccc(Br)cc3)cc2)[N+]1(C(=O)[O-])C(C)(C)C. The minimum atomic E-state index is -1.29. The van der Waals surface area contributed by atoms with Crippen molar-refractivity contribution in [2.75, 3.05) is 6.61 Å². The quantitative estimate of drug-likeness (QED) is 0.345. The molecule has 1 amide bonds. The van der Waals surface area contributed by atoms with Crippen LogP contribution in [-0.2, 0) is 9.53 Å². The molecular weight excluding hydrogens is 474 g/mol. The predicted octanol–water partition coefficient (Wildman–Crippen LogP) is 4.35. The number of esters is 1. The van der Waals surface area contributed by atoms with Crippen LogP contribution in [0.1, 0.15) is 50.9 Å². The molecule has 1 saturated heterocycles. The lowest BCUT2D eigenvalue weighted by Gasteiger charge is -2.51. The first kappa shape index (κ1) is 24.1. The van der Waals surface area contributed by atoms with E-state index >= 15 is 0 Å². The predicted molar refractivity (Wildman–Crippen MR) is 123 cm³/mol. The number of quaternary nitrogens is 1. The average Bonchev–Trinajstić information content (AvgIpc) is 3.11. The van der Waals surface area contributed by atoms with Crippen LogP contribution in [0.4, 0.5) is 4.79 Å². The summed E-state index contributed by atoms with van der Waals surface area (Å²) in [5.74, 6) is -1.01. The molecule has 6 nitrogen and oxygen atoms in total. The zero-order valence-electron chi connectivity index (χ0n) is 18.8. The molecule has 0 saturated carbocycles. The largest absolute Gasteiger partial charge is 0.498 e. The van der Waals surface area contributed by atoms with E-state index in [0.717, 1.165) is 15.6 Å². The number of ketones is 1. The van der Waals surface area contributed by atoms with Crippen molar-refractivity contribution in [2.45, 2.75) is 58.2 Å². The summed E-state index contributed by atoms with van der Waals surface area (Å²) < 4.78 is 5.81. The van der Waals surface area contributed by atoms with Gasteiger partial charge in [0.05, 0.1) is 11.6 Å². The molecule has 3 atom stereocenters. The van der Waals surface area contributed by atoms with Crippen molar-refractivity contribution < 1.29 is 28.7 Å². The second-order valence-corrected chi connectivity index (χ2v) is 10.2. The lowest BCUT2D eigenvalue weighted by molar-refractivity contribution is -0.942. The minimum Gasteiger partial charge on any atom is -0.498 e. The van der Waals surface area contributed by atoms with Crippen molar-refractivity contribution in [1.29, 1.82) is 0 Å². The van der Waals surface area contributed by atoms with Crippen LogP contribution < -0.4 is 5.11 Å². The summed E-state index contributed by atoms with van der Waals surface area (Å²) in [6.07, 6.45) is -0.350. The lowest BCUT2D eigenvalue weighted by atomic mass is 9.98. The van der Waals surface area contributed by atoms with Gasteiger partial charge < -0.3 is 14.6 Å². The molecule has 1 aliphatic heterocycles. The molecule has 1 fully saturated rings. The van der Waals surface area contributed by atoms with Crippen LogP contribution in [0.2, 0.25) is 0 Å². The molecule has 0 bridgehead atoms. The van der Waals surface area contributed by atoms with Crippen LogP contribution in [0.5, 0.6) is 0 Å². The maximum absolute atomic E-state index is 12.9. The molecule has 0 aliphatic carbocycles. The summed E-state index contributed by atoms with van der Waals surface area (Å²) in [6.45, 7) is 6.72. The number of nitrogens with zero attached hydrogens (tertiary/aromatic N) is 1. The Hall–Kier alpha value is -2.51. The summed E-state index contributed by atoms with van der Waals surface area (Å²) in [6, 6.07) is 13.7. The Kier molecular flexibility index (Phi) is 6.91. The highest BCUT2D eigenvalue weighted by atomic mass is 79.9. The number of benzene rings is 2. The zero-order chi connectivity index (χ0) is 23.7. The van der Waals surface area contributed by atoms with Gasteiger partial charge in [-0.15, -0.1) is 0 Å². The molecule has 0 aromatic heterocycles. The van der Waals surface area contributed by atoms with E-state index < -0.39 is 34.7 Å². The summed E-state index contributed by atoms with van der Waals surface area (Å²) in [7, 11) is 0. The van der Waals surface area contributed by atoms with Gasteiger partial charge in [0.2, 0.25) is 0 Å². The molecule has 0 radical (unpaired) electrons. The topological polar surface area (TPSA) is 83.5 Å². The number of halogens is 1. The van der Waals surface area contributed by atoms with Gasteiger partial charge in [-0.05, 0) is 51.0 Å². The average molecular weight is 502 g/mol. The number of carbonyl (C=O) groups is 3. The van der Waals surface area contributed by atoms with Crippen LogP contribution in [0.3, 0.4) is 0 Å². The van der Waals surface area contributed by atoms with E-state index in [-0.39, 0.29) is 11.8 Å². The normalized spacial score (nSPS) is 23.0. The smallest absolute Gasteiger partial charge is 0.365 e. The van der Waals surface area contributed by atoms with Gasteiger partial charge in [0.15, 0.2) is 18.4 Å². The van der Waals surface area contributed by atoms with E-state index in [1.807, 2.05) is 43.3 Å². The van der Waals surface area contributed by atoms with E-state index in [0.29, 0.717) is 18.4 Å². The second kappa shape index (κ2) is 9.16. The van der Waals surface area contributed by atoms with Crippen LogP contribution in [0.15, 0.2) is 53.0 Å². The van der Waals surface area contributed by atoms with Crippen molar-refractivity contribution in [2.24, 2.45) is 0 Å². The van der Waals surface area contributed by atoms with E-state index in [1.54, 1.807) is 32.9 Å². The monoisotopic (exact) mass is 501 g/mol. The first-order valence-corrected chi connectivity index (χ1v) is 11.4. The van der Waals surface area contributed by atoms with Gasteiger partial charge in [-0.3, -0.25) is 9.28 Å². The molecule has 7 heteroatoms. The fraction of sp³-hybridized carbons (Fsp3) is 0.400. The number of rotatable bonds is 5. The molecule has 2 aromatic rings. The fourth-order valence-electron chi connectivity index (χ4n) is 4.91. The van der Waals surface area contributed by atoms with Gasteiger partial charge in [0.25, 0.3) is 6.09 Å². The number of amides is 1. The highest BCUT2D eigenvalue weighted by Gasteiger charge is 2.59. The number of hydrogen-bond acceptors (Lipinski definition) is 5. The molecule has 0 N–H and O–H groups in total. The number of hydrogen-bond donors (Lipinski definition) is 0. The Morgan fingerprint density at radius 3 is 2.03 bits per heavy atom. The van der Waals surface area contributed by atoms with E-state index in [2.05, 4.69) is 15.9 Å². The van der Waals surface area contributed by atoms with Gasteiger partial charge >= 0.3 is 5.97 Å². The van der Waals surface area contributed by atoms with Gasteiger partial charge in [0, 0.05) is 22.9 Å². The standard InChI is InChI=1S/C25H28BrNO5/c1-16-5-14-21(27(16,24(30)31)25(2,3)4)23(29)32-15-22(28)19-8-6-17(7-9-19)18-10-12-20(26)13-11-18/h6-13,16,21H,5,14-15H2,1-4H3/t16-,21-,27?/m0/s1. The van der Waals surface area contributed by atoms with Gasteiger partial charge in [0.1, 0.15) is 0 Å². The van der Waals surface area contributed by atoms with Crippen LogP contribution >= 0.6 is 15.9 Å². The minimum absolute atomic E-state index is 0.292. The summed E-state index contributed by atoms with van der Waals surface area (Å²) >= 11 is 3.41. The third-order valence-corrected chi connectivity index (χ3v) is 6.99. The number of carboxylic acid groups (broad SMARTS) is 1. The van der Waals surface area contributed by atoms with Crippen LogP contribution in [0.25, 0.3) is 11.1 Å². The Morgan fingerprint density at radius 1 is 1.00 bits per heavy atom. The third kappa shape index (κ3) is 4.36. The molecule has 0 spiro atoms. The van der Waals surface area contributed by atoms with Gasteiger partial charge in [-0.1, -0.05) is 52.3 Å². The molecule has 2 aromatic carbocycles. The molecule has 32 heavy (non-hydrogen) atoms. The van der Waals surface area contributed by atoms with Crippen molar-refractivity contribution in [3.8, 4) is 11.1 Å². The first-order valence-electron chi connectivity index (χ1n) is 10.6. The number of likely N-dealkylation sites (tertiary alicyclic amines) is 1. The number of Topliss-reactive ketones (excluding diaryl/α,β-unsaturated/α-hetero) is 1. The summed E-state index contributed by atoms with van der Waals surface area (Å²) in [5, 5.41) is 12.2. The third-order valence-electron chi connectivity index (χ3n) is 6.46. The Morgan fingerprint density at radius 2 is 1.53 bits per heavy atom. The Bertz CT molecular complexity index is 1010. The Balaban J connectivity index is 1.69. The van der Waals surface area contributed by atoms with Gasteiger partial charge in [-0.2, -0.15) is 0 Å². The molecule has 3 rings (SSSR count). The van der Waals surface area contributed by atoms with Crippen molar-refractivity contribution in [3.63, 3.8) is 0 Å². The maximum Gasteiger partial charge on any atom is 0.365 e. The van der Waals surface area contributed by atoms with E-state index in [9.17, 15) is 19.5 Å². The van der Waals surface area contributed by atoms with Gasteiger partial charge in [-0.25, -0.2) is 4.79 Å². The highest BCUT2D eigenvalue weighted by molar-refractivity contribution is 9.10. The molecule has 1 aliphatic rings. The second-order valence-electron chi connectivity index (χ2n) is 9.27. The lowest BCUT2D eigenvalue weighted by Crippen LogP contribution is -2.74. The highest BCUT2D eigenvalue weighted by Crippen LogP contribution is 2.41. The summed E-state index contributed by atoms with van der Waals surface area (Å²) in [5.41, 5.74) is 1.65. The summed E-state index contributed by atoms with van der Waals surface area (Å²) in [4.78, 5) is 37.7. The van der Waals surface area contributed by atoms with Crippen molar-refractivity contribution >= 4 is 33.8 Å². The molecular formula is C25H28BrNO5. The van der Waals surface area contributed by atoms with E-state index in [4.69, 9.17) is 4.74 Å². The molecule has 1 unspecified atom stereocenters. The molecule has 1 heterocycles. The maximum atomic E-state index is 12.9. The number of ether oxygens (including phenoxy) is 1. The van der Waals surface area contributed by atoms with Crippen molar-refractivity contribution in [1.82, 2.24) is 0 Å². The zero-order valence-corrected chi connectivity index (χ0v) is 20.3. The molecule has 170 valence electrons. The number of carbonyl (C=O) groups excluding carboxylic acids is 3. The van der Waals surface area contributed by atoms with Crippen molar-refractivity contribution in [3.05, 3.63) is 58.6 Å². The van der Waals surface area contributed by atoms with E-state index in [1.165, 1.54) is 0 Å².